The summed E-state index contributed by atoms with van der Waals surface area (Å²) < 4.78 is 0. The molecular formula is C19H27N5. The summed E-state index contributed by atoms with van der Waals surface area (Å²) in [6.07, 6.45) is 0. The fourth-order valence-corrected chi connectivity index (χ4v) is 3.09. The number of likely N-dealkylation sites (N-methyl/N-ethyl adjacent to an activating group) is 1. The van der Waals surface area contributed by atoms with Crippen molar-refractivity contribution < 1.29 is 0 Å². The molecule has 1 aromatic carbocycles. The van der Waals surface area contributed by atoms with Crippen LogP contribution in [0.2, 0.25) is 0 Å². The third-order valence-corrected chi connectivity index (χ3v) is 4.53. The normalized spacial score (nSPS) is 15.6. The van der Waals surface area contributed by atoms with Crippen molar-refractivity contribution in [2.45, 2.75) is 20.8 Å². The molecule has 24 heavy (non-hydrogen) atoms. The maximum Gasteiger partial charge on any atom is 0.232 e. The summed E-state index contributed by atoms with van der Waals surface area (Å²) in [6.45, 7) is 11.3. The molecule has 0 amide bonds. The summed E-state index contributed by atoms with van der Waals surface area (Å²) in [5, 5.41) is 0. The number of aryl methyl sites for hydroxylation is 2. The molecular weight excluding hydrogens is 298 g/mol. The Labute approximate surface area is 144 Å². The summed E-state index contributed by atoms with van der Waals surface area (Å²) in [6, 6.07) is 10.6. The van der Waals surface area contributed by atoms with E-state index in [1.165, 1.54) is 5.56 Å². The first kappa shape index (κ1) is 16.7. The van der Waals surface area contributed by atoms with Crippen molar-refractivity contribution >= 4 is 17.5 Å². The molecule has 0 aliphatic carbocycles. The first-order chi connectivity index (χ1) is 11.6. The van der Waals surface area contributed by atoms with E-state index in [1.54, 1.807) is 0 Å². The summed E-state index contributed by atoms with van der Waals surface area (Å²) in [7, 11) is 2.17. The van der Waals surface area contributed by atoms with Crippen molar-refractivity contribution in [2.24, 2.45) is 0 Å². The van der Waals surface area contributed by atoms with Gasteiger partial charge in [-0.15, -0.1) is 0 Å². The molecule has 0 spiro atoms. The van der Waals surface area contributed by atoms with Gasteiger partial charge in [0.1, 0.15) is 5.82 Å². The Kier molecular flexibility index (Phi) is 5.00. The molecule has 2 heterocycles. The largest absolute Gasteiger partial charge is 0.354 e. The van der Waals surface area contributed by atoms with Gasteiger partial charge in [0.2, 0.25) is 5.95 Å². The lowest BCUT2D eigenvalue weighted by Gasteiger charge is -2.33. The van der Waals surface area contributed by atoms with Crippen molar-refractivity contribution in [2.75, 3.05) is 49.6 Å². The van der Waals surface area contributed by atoms with Crippen LogP contribution in [0.15, 0.2) is 30.3 Å². The molecule has 2 aromatic rings. The van der Waals surface area contributed by atoms with Crippen molar-refractivity contribution in [3.63, 3.8) is 0 Å². The number of rotatable bonds is 4. The van der Waals surface area contributed by atoms with Gasteiger partial charge in [0.15, 0.2) is 0 Å². The Bertz CT molecular complexity index is 692. The minimum absolute atomic E-state index is 0.789. The SMILES string of the molecule is CCN(c1cccc(C)c1)c1nc(C)cc(N2CCN(C)CC2)n1. The zero-order chi connectivity index (χ0) is 17.1. The van der Waals surface area contributed by atoms with E-state index in [-0.39, 0.29) is 0 Å². The second-order valence-corrected chi connectivity index (χ2v) is 6.54. The van der Waals surface area contributed by atoms with E-state index >= 15 is 0 Å². The van der Waals surface area contributed by atoms with Crippen LogP contribution in [-0.4, -0.2) is 54.6 Å². The molecule has 5 heteroatoms. The van der Waals surface area contributed by atoms with Crippen LogP contribution in [0.1, 0.15) is 18.2 Å². The third-order valence-electron chi connectivity index (χ3n) is 4.53. The highest BCUT2D eigenvalue weighted by Crippen LogP contribution is 2.25. The monoisotopic (exact) mass is 325 g/mol. The van der Waals surface area contributed by atoms with Crippen molar-refractivity contribution in [1.29, 1.82) is 0 Å². The van der Waals surface area contributed by atoms with Crippen molar-refractivity contribution in [3.8, 4) is 0 Å². The Morgan fingerprint density at radius 1 is 1.04 bits per heavy atom. The maximum atomic E-state index is 4.88. The quantitative estimate of drug-likeness (QED) is 0.863. The number of aromatic nitrogens is 2. The Morgan fingerprint density at radius 3 is 2.46 bits per heavy atom. The van der Waals surface area contributed by atoms with Crippen molar-refractivity contribution in [1.82, 2.24) is 14.9 Å². The van der Waals surface area contributed by atoms with Crippen LogP contribution in [-0.2, 0) is 0 Å². The molecule has 0 saturated carbocycles. The highest BCUT2D eigenvalue weighted by atomic mass is 15.3. The lowest BCUT2D eigenvalue weighted by atomic mass is 10.2. The van der Waals surface area contributed by atoms with Crippen molar-refractivity contribution in [3.05, 3.63) is 41.6 Å². The first-order valence-electron chi connectivity index (χ1n) is 8.70. The molecule has 0 unspecified atom stereocenters. The summed E-state index contributed by atoms with van der Waals surface area (Å²) in [4.78, 5) is 16.5. The number of benzene rings is 1. The average Bonchev–Trinajstić information content (AvgIpc) is 2.56. The Balaban J connectivity index is 1.92. The second-order valence-electron chi connectivity index (χ2n) is 6.54. The smallest absolute Gasteiger partial charge is 0.232 e. The molecule has 5 nitrogen and oxygen atoms in total. The van der Waals surface area contributed by atoms with Gasteiger partial charge in [0.25, 0.3) is 0 Å². The van der Waals surface area contributed by atoms with Gasteiger partial charge in [0.05, 0.1) is 0 Å². The number of anilines is 3. The highest BCUT2D eigenvalue weighted by Gasteiger charge is 2.18. The minimum atomic E-state index is 0.789. The second kappa shape index (κ2) is 7.18. The highest BCUT2D eigenvalue weighted by molar-refractivity contribution is 5.60. The van der Waals surface area contributed by atoms with E-state index in [0.29, 0.717) is 0 Å². The molecule has 128 valence electrons. The lowest BCUT2D eigenvalue weighted by molar-refractivity contribution is 0.312. The lowest BCUT2D eigenvalue weighted by Crippen LogP contribution is -2.45. The van der Waals surface area contributed by atoms with Gasteiger partial charge in [-0.1, -0.05) is 12.1 Å². The van der Waals surface area contributed by atoms with E-state index < -0.39 is 0 Å². The van der Waals surface area contributed by atoms with Gasteiger partial charge < -0.3 is 14.7 Å². The summed E-state index contributed by atoms with van der Waals surface area (Å²) >= 11 is 0. The number of nitrogens with zero attached hydrogens (tertiary/aromatic N) is 5. The molecule has 0 radical (unpaired) electrons. The van der Waals surface area contributed by atoms with Gasteiger partial charge >= 0.3 is 0 Å². The topological polar surface area (TPSA) is 35.5 Å². The van der Waals surface area contributed by atoms with Crippen LogP contribution in [0.25, 0.3) is 0 Å². The number of hydrogen-bond donors (Lipinski definition) is 0. The maximum absolute atomic E-state index is 4.88. The summed E-state index contributed by atoms with van der Waals surface area (Å²) in [5.41, 5.74) is 3.41. The third kappa shape index (κ3) is 3.67. The minimum Gasteiger partial charge on any atom is -0.354 e. The number of hydrogen-bond acceptors (Lipinski definition) is 5. The van der Waals surface area contributed by atoms with Gasteiger partial charge in [-0.25, -0.2) is 4.98 Å². The van der Waals surface area contributed by atoms with Crippen LogP contribution in [0.5, 0.6) is 0 Å². The molecule has 1 saturated heterocycles. The predicted molar refractivity (Wildman–Crippen MR) is 100 cm³/mol. The van der Waals surface area contributed by atoms with E-state index in [9.17, 15) is 0 Å². The molecule has 0 atom stereocenters. The van der Waals surface area contributed by atoms with Crippen LogP contribution in [0, 0.1) is 13.8 Å². The van der Waals surface area contributed by atoms with Gasteiger partial charge in [0, 0.05) is 50.2 Å². The van der Waals surface area contributed by atoms with Crippen LogP contribution in [0.3, 0.4) is 0 Å². The molecule has 1 fully saturated rings. The summed E-state index contributed by atoms with van der Waals surface area (Å²) in [5.74, 6) is 1.83. The predicted octanol–water partition coefficient (Wildman–Crippen LogP) is 3.00. The van der Waals surface area contributed by atoms with E-state index in [0.717, 1.165) is 55.9 Å². The van der Waals surface area contributed by atoms with Gasteiger partial charge in [-0.2, -0.15) is 4.98 Å². The van der Waals surface area contributed by atoms with Gasteiger partial charge in [-0.3, -0.25) is 0 Å². The first-order valence-corrected chi connectivity index (χ1v) is 8.70. The van der Waals surface area contributed by atoms with E-state index in [4.69, 9.17) is 9.97 Å². The zero-order valence-electron chi connectivity index (χ0n) is 15.2. The fourth-order valence-electron chi connectivity index (χ4n) is 3.09. The average molecular weight is 325 g/mol. The van der Waals surface area contributed by atoms with Gasteiger partial charge in [-0.05, 0) is 45.5 Å². The fraction of sp³-hybridized carbons (Fsp3) is 0.474. The van der Waals surface area contributed by atoms with E-state index in [2.05, 4.69) is 72.9 Å². The Morgan fingerprint density at radius 2 is 1.79 bits per heavy atom. The molecule has 0 bridgehead atoms. The molecule has 1 aromatic heterocycles. The van der Waals surface area contributed by atoms with Crippen LogP contribution in [0.4, 0.5) is 17.5 Å². The Hall–Kier alpha value is -2.14. The van der Waals surface area contributed by atoms with E-state index in [1.807, 2.05) is 0 Å². The molecule has 0 N–H and O–H groups in total. The zero-order valence-corrected chi connectivity index (χ0v) is 15.2. The van der Waals surface area contributed by atoms with Crippen LogP contribution < -0.4 is 9.80 Å². The van der Waals surface area contributed by atoms with Crippen LogP contribution >= 0.6 is 0 Å². The molecule has 1 aliphatic heterocycles. The number of piperazine rings is 1. The molecule has 3 rings (SSSR count). The standard InChI is InChI=1S/C19H27N5/c1-5-24(17-8-6-7-15(2)13-17)19-20-16(3)14-18(21-19)23-11-9-22(4)10-12-23/h6-8,13-14H,5,9-12H2,1-4H3. The molecule has 1 aliphatic rings.